The molecule has 2 N–H and O–H groups in total. The van der Waals surface area contributed by atoms with Gasteiger partial charge >= 0.3 is 5.97 Å². The van der Waals surface area contributed by atoms with E-state index in [2.05, 4.69) is 15.6 Å². The lowest BCUT2D eigenvalue weighted by molar-refractivity contribution is -0.152. The lowest BCUT2D eigenvalue weighted by Crippen LogP contribution is -2.36. The maximum absolute atomic E-state index is 12.4. The summed E-state index contributed by atoms with van der Waals surface area (Å²) in [5, 5.41) is 5.26. The lowest BCUT2D eigenvalue weighted by Gasteiger charge is -2.15. The summed E-state index contributed by atoms with van der Waals surface area (Å²) in [6, 6.07) is 4.27. The number of halogens is 2. The molecule has 2 rings (SSSR count). The van der Waals surface area contributed by atoms with E-state index < -0.39 is 30.4 Å². The average Bonchev–Trinajstić information content (AvgIpc) is 2.77. The van der Waals surface area contributed by atoms with Crippen molar-refractivity contribution in [2.45, 2.75) is 13.0 Å². The molecular formula is C20H21Cl2N3O7. The molecule has 2 amide bonds. The summed E-state index contributed by atoms with van der Waals surface area (Å²) in [7, 11) is 4.26. The van der Waals surface area contributed by atoms with Crippen LogP contribution in [0.25, 0.3) is 0 Å². The van der Waals surface area contributed by atoms with E-state index in [1.54, 1.807) is 0 Å². The largest absolute Gasteiger partial charge is 0.493 e. The second-order valence-corrected chi connectivity index (χ2v) is 7.05. The zero-order valence-electron chi connectivity index (χ0n) is 17.7. The maximum Gasteiger partial charge on any atom is 0.326 e. The lowest BCUT2D eigenvalue weighted by atomic mass is 10.1. The van der Waals surface area contributed by atoms with Crippen LogP contribution in [0, 0.1) is 0 Å². The van der Waals surface area contributed by atoms with Crippen LogP contribution in [-0.2, 0) is 14.3 Å². The highest BCUT2D eigenvalue weighted by molar-refractivity contribution is 6.36. The summed E-state index contributed by atoms with van der Waals surface area (Å²) in [4.78, 5) is 40.6. The van der Waals surface area contributed by atoms with Gasteiger partial charge in [0.15, 0.2) is 23.4 Å². The third kappa shape index (κ3) is 6.38. The molecule has 0 radical (unpaired) electrons. The minimum Gasteiger partial charge on any atom is -0.493 e. The van der Waals surface area contributed by atoms with Gasteiger partial charge < -0.3 is 29.6 Å². The molecular weight excluding hydrogens is 465 g/mol. The molecule has 0 unspecified atom stereocenters. The van der Waals surface area contributed by atoms with Gasteiger partial charge in [-0.2, -0.15) is 0 Å². The predicted octanol–water partition coefficient (Wildman–Crippen LogP) is 2.71. The van der Waals surface area contributed by atoms with Crippen molar-refractivity contribution in [1.82, 2.24) is 10.3 Å². The Kier molecular flexibility index (Phi) is 8.91. The van der Waals surface area contributed by atoms with Crippen LogP contribution >= 0.6 is 23.2 Å². The van der Waals surface area contributed by atoms with Crippen LogP contribution in [0.2, 0.25) is 10.0 Å². The first-order valence-corrected chi connectivity index (χ1v) is 9.85. The van der Waals surface area contributed by atoms with E-state index in [1.807, 2.05) is 0 Å². The van der Waals surface area contributed by atoms with Crippen molar-refractivity contribution < 1.29 is 33.3 Å². The molecule has 0 saturated carbocycles. The SMILES string of the molecule is COc1cc(C(=O)NCC(=O)O[C@H](C)C(=O)Nc2ncc(Cl)cc2Cl)cc(OC)c1OC. The summed E-state index contributed by atoms with van der Waals surface area (Å²) >= 11 is 11.7. The van der Waals surface area contributed by atoms with Crippen LogP contribution in [0.4, 0.5) is 5.82 Å². The fourth-order valence-electron chi connectivity index (χ4n) is 2.48. The number of aromatic nitrogens is 1. The maximum atomic E-state index is 12.4. The monoisotopic (exact) mass is 485 g/mol. The Morgan fingerprint density at radius 2 is 1.66 bits per heavy atom. The van der Waals surface area contributed by atoms with Gasteiger partial charge in [0.25, 0.3) is 11.8 Å². The van der Waals surface area contributed by atoms with Crippen molar-refractivity contribution >= 4 is 46.8 Å². The van der Waals surface area contributed by atoms with Gasteiger partial charge in [0.05, 0.1) is 31.4 Å². The van der Waals surface area contributed by atoms with Crippen molar-refractivity contribution in [2.75, 3.05) is 33.2 Å². The number of hydrogen-bond acceptors (Lipinski definition) is 8. The van der Waals surface area contributed by atoms with Crippen molar-refractivity contribution in [3.63, 3.8) is 0 Å². The van der Waals surface area contributed by atoms with E-state index in [1.165, 1.54) is 52.6 Å². The van der Waals surface area contributed by atoms with E-state index in [9.17, 15) is 14.4 Å². The summed E-state index contributed by atoms with van der Waals surface area (Å²) in [6.45, 7) is 0.880. The summed E-state index contributed by atoms with van der Waals surface area (Å²) < 4.78 is 20.6. The fraction of sp³-hybridized carbons (Fsp3) is 0.300. The van der Waals surface area contributed by atoms with Gasteiger partial charge in [-0.1, -0.05) is 23.2 Å². The van der Waals surface area contributed by atoms with E-state index in [-0.39, 0.29) is 27.9 Å². The second kappa shape index (κ2) is 11.4. The van der Waals surface area contributed by atoms with E-state index in [0.717, 1.165) is 0 Å². The van der Waals surface area contributed by atoms with Gasteiger partial charge in [-0.05, 0) is 25.1 Å². The highest BCUT2D eigenvalue weighted by atomic mass is 35.5. The molecule has 0 aliphatic carbocycles. The Bertz CT molecular complexity index is 992. The Morgan fingerprint density at radius 3 is 2.19 bits per heavy atom. The summed E-state index contributed by atoms with van der Waals surface area (Å²) in [6.07, 6.45) is 0.132. The van der Waals surface area contributed by atoms with Crippen LogP contribution in [-0.4, -0.2) is 56.7 Å². The molecule has 1 aromatic heterocycles. The van der Waals surface area contributed by atoms with Crippen LogP contribution in [0.3, 0.4) is 0 Å². The van der Waals surface area contributed by atoms with Crippen LogP contribution in [0.1, 0.15) is 17.3 Å². The number of carbonyl (C=O) groups is 3. The Balaban J connectivity index is 1.94. The van der Waals surface area contributed by atoms with Crippen LogP contribution in [0.5, 0.6) is 17.2 Å². The Labute approximate surface area is 194 Å². The second-order valence-electron chi connectivity index (χ2n) is 6.20. The molecule has 2 aromatic rings. The van der Waals surface area contributed by atoms with Crippen LogP contribution in [0.15, 0.2) is 24.4 Å². The smallest absolute Gasteiger partial charge is 0.326 e. The van der Waals surface area contributed by atoms with Crippen molar-refractivity contribution in [1.29, 1.82) is 0 Å². The number of anilines is 1. The molecule has 10 nitrogen and oxygen atoms in total. The minimum atomic E-state index is -1.17. The standard InChI is InChI=1S/C20H21Cl2N3O7/c1-10(19(27)25-18-13(22)7-12(21)8-23-18)32-16(26)9-24-20(28)11-5-14(29-2)17(31-4)15(6-11)30-3/h5-8,10H,9H2,1-4H3,(H,24,28)(H,23,25,27)/t10-/m1/s1. The van der Waals surface area contributed by atoms with Crippen LogP contribution < -0.4 is 24.8 Å². The van der Waals surface area contributed by atoms with Crippen molar-refractivity contribution in [2.24, 2.45) is 0 Å². The van der Waals surface area contributed by atoms with Gasteiger partial charge in [-0.25, -0.2) is 4.98 Å². The number of rotatable bonds is 9. The number of nitrogens with zero attached hydrogens (tertiary/aromatic N) is 1. The first-order chi connectivity index (χ1) is 15.2. The predicted molar refractivity (Wildman–Crippen MR) is 117 cm³/mol. The number of nitrogens with one attached hydrogen (secondary N) is 2. The first-order valence-electron chi connectivity index (χ1n) is 9.09. The average molecular weight is 486 g/mol. The number of pyridine rings is 1. The molecule has 32 heavy (non-hydrogen) atoms. The normalized spacial score (nSPS) is 11.2. The van der Waals surface area contributed by atoms with E-state index in [4.69, 9.17) is 42.1 Å². The number of methoxy groups -OCH3 is 3. The number of amides is 2. The molecule has 0 bridgehead atoms. The van der Waals surface area contributed by atoms with Gasteiger partial charge in [-0.3, -0.25) is 14.4 Å². The van der Waals surface area contributed by atoms with Crippen molar-refractivity contribution in [3.8, 4) is 17.2 Å². The molecule has 12 heteroatoms. The van der Waals surface area contributed by atoms with Gasteiger partial charge in [-0.15, -0.1) is 0 Å². The topological polar surface area (TPSA) is 125 Å². The third-order valence-electron chi connectivity index (χ3n) is 4.05. The zero-order valence-corrected chi connectivity index (χ0v) is 19.2. The first kappa shape index (κ1) is 25.0. The quantitative estimate of drug-likeness (QED) is 0.519. The number of carbonyl (C=O) groups excluding carboxylic acids is 3. The summed E-state index contributed by atoms with van der Waals surface area (Å²) in [5.74, 6) is -1.13. The zero-order chi connectivity index (χ0) is 23.8. The highest BCUT2D eigenvalue weighted by Gasteiger charge is 2.21. The minimum absolute atomic E-state index is 0.0691. The highest BCUT2D eigenvalue weighted by Crippen LogP contribution is 2.38. The van der Waals surface area contributed by atoms with Gasteiger partial charge in [0.2, 0.25) is 5.75 Å². The number of benzene rings is 1. The molecule has 1 aromatic carbocycles. The molecule has 0 spiro atoms. The number of esters is 1. The molecule has 0 fully saturated rings. The molecule has 0 saturated heterocycles. The summed E-state index contributed by atoms with van der Waals surface area (Å²) in [5.41, 5.74) is 0.168. The fourth-order valence-corrected chi connectivity index (χ4v) is 2.91. The van der Waals surface area contributed by atoms with E-state index >= 15 is 0 Å². The number of ether oxygens (including phenoxy) is 4. The molecule has 0 aliphatic heterocycles. The molecule has 172 valence electrons. The van der Waals surface area contributed by atoms with Crippen molar-refractivity contribution in [3.05, 3.63) is 40.0 Å². The number of hydrogen-bond donors (Lipinski definition) is 2. The Morgan fingerprint density at radius 1 is 1.03 bits per heavy atom. The Hall–Kier alpha value is -3.24. The van der Waals surface area contributed by atoms with Gasteiger partial charge in [0, 0.05) is 11.8 Å². The molecule has 1 heterocycles. The van der Waals surface area contributed by atoms with E-state index in [0.29, 0.717) is 10.8 Å². The molecule has 0 aliphatic rings. The molecule has 1 atom stereocenters. The van der Waals surface area contributed by atoms with Gasteiger partial charge in [0.1, 0.15) is 6.54 Å². The third-order valence-corrected chi connectivity index (χ3v) is 4.54.